The van der Waals surface area contributed by atoms with Crippen molar-refractivity contribution in [3.05, 3.63) is 52.5 Å². The van der Waals surface area contributed by atoms with Gasteiger partial charge in [0.05, 0.1) is 7.11 Å². The Morgan fingerprint density at radius 3 is 2.33 bits per heavy atom. The lowest BCUT2D eigenvalue weighted by molar-refractivity contribution is 0.412. The molecular weight excluding hydrogens is 330 g/mol. The Kier molecular flexibility index (Phi) is 5.65. The van der Waals surface area contributed by atoms with Gasteiger partial charge in [-0.2, -0.15) is 0 Å². The fourth-order valence-electron chi connectivity index (χ4n) is 1.85. The van der Waals surface area contributed by atoms with E-state index in [4.69, 9.17) is 9.47 Å². The van der Waals surface area contributed by atoms with E-state index in [0.717, 1.165) is 33.8 Å². The van der Waals surface area contributed by atoms with Crippen LogP contribution in [0.25, 0.3) is 0 Å². The van der Waals surface area contributed by atoms with Gasteiger partial charge in [-0.1, -0.05) is 35.8 Å². The number of rotatable bonds is 6. The van der Waals surface area contributed by atoms with E-state index in [2.05, 4.69) is 41.2 Å². The number of hydrogen-bond acceptors (Lipinski definition) is 3. The minimum Gasteiger partial charge on any atom is -0.497 e. The molecule has 0 radical (unpaired) electrons. The van der Waals surface area contributed by atoms with Crippen LogP contribution in [0.2, 0.25) is 0 Å². The van der Waals surface area contributed by atoms with Gasteiger partial charge < -0.3 is 14.8 Å². The van der Waals surface area contributed by atoms with Crippen molar-refractivity contribution in [2.75, 3.05) is 7.11 Å². The first-order chi connectivity index (χ1) is 10.1. The monoisotopic (exact) mass is 349 g/mol. The second-order valence-electron chi connectivity index (χ2n) is 5.07. The minimum absolute atomic E-state index is 0.433. The Balaban J connectivity index is 2.18. The van der Waals surface area contributed by atoms with Crippen LogP contribution < -0.4 is 14.8 Å². The Hall–Kier alpha value is -1.52. The van der Waals surface area contributed by atoms with E-state index in [0.29, 0.717) is 6.04 Å². The molecule has 21 heavy (non-hydrogen) atoms. The van der Waals surface area contributed by atoms with Crippen molar-refractivity contribution in [2.24, 2.45) is 0 Å². The maximum absolute atomic E-state index is 6.00. The average Bonchev–Trinajstić information content (AvgIpc) is 2.47. The number of benzene rings is 2. The lowest BCUT2D eigenvalue weighted by atomic mass is 10.2. The quantitative estimate of drug-likeness (QED) is 0.816. The van der Waals surface area contributed by atoms with Gasteiger partial charge in [-0.15, -0.1) is 0 Å². The van der Waals surface area contributed by atoms with Crippen molar-refractivity contribution in [3.63, 3.8) is 0 Å². The molecule has 2 aromatic carbocycles. The topological polar surface area (TPSA) is 30.5 Å². The fraction of sp³-hybridized carbons (Fsp3) is 0.294. The maximum Gasteiger partial charge on any atom is 0.133 e. The van der Waals surface area contributed by atoms with Crippen LogP contribution in [0.5, 0.6) is 17.2 Å². The molecule has 0 saturated heterocycles. The van der Waals surface area contributed by atoms with Crippen molar-refractivity contribution < 1.29 is 9.47 Å². The smallest absolute Gasteiger partial charge is 0.133 e. The molecule has 1 N–H and O–H groups in total. The lowest BCUT2D eigenvalue weighted by Gasteiger charge is -2.14. The van der Waals surface area contributed by atoms with Crippen molar-refractivity contribution in [1.29, 1.82) is 0 Å². The van der Waals surface area contributed by atoms with Crippen LogP contribution in [-0.2, 0) is 6.54 Å². The summed E-state index contributed by atoms with van der Waals surface area (Å²) in [7, 11) is 1.65. The first-order valence-electron chi connectivity index (χ1n) is 6.92. The number of methoxy groups -OCH3 is 1. The third kappa shape index (κ3) is 4.76. The molecule has 112 valence electrons. The molecule has 0 saturated carbocycles. The van der Waals surface area contributed by atoms with Crippen molar-refractivity contribution in [3.8, 4) is 17.2 Å². The third-order valence-corrected chi connectivity index (χ3v) is 3.51. The lowest BCUT2D eigenvalue weighted by Crippen LogP contribution is -2.22. The fourth-order valence-corrected chi connectivity index (χ4v) is 2.19. The molecule has 0 heterocycles. The molecule has 0 aliphatic heterocycles. The molecule has 0 spiro atoms. The Bertz CT molecular complexity index is 582. The summed E-state index contributed by atoms with van der Waals surface area (Å²) < 4.78 is 12.2. The molecule has 0 unspecified atom stereocenters. The van der Waals surface area contributed by atoms with E-state index in [9.17, 15) is 0 Å². The summed E-state index contributed by atoms with van der Waals surface area (Å²) in [6.07, 6.45) is 0. The molecule has 0 aromatic heterocycles. The Morgan fingerprint density at radius 2 is 1.71 bits per heavy atom. The zero-order chi connectivity index (χ0) is 15.2. The summed E-state index contributed by atoms with van der Waals surface area (Å²) in [5, 5.41) is 3.41. The van der Waals surface area contributed by atoms with Crippen molar-refractivity contribution in [1.82, 2.24) is 5.32 Å². The summed E-state index contributed by atoms with van der Waals surface area (Å²) in [6.45, 7) is 5.03. The van der Waals surface area contributed by atoms with E-state index in [1.165, 1.54) is 0 Å². The molecular formula is C17H20BrNO2. The SMILES string of the molecule is COc1ccc(Oc2cc(Br)ccc2CNC(C)C)cc1. The van der Waals surface area contributed by atoms with Crippen LogP contribution in [0.3, 0.4) is 0 Å². The van der Waals surface area contributed by atoms with Gasteiger partial charge in [-0.3, -0.25) is 0 Å². The molecule has 0 fully saturated rings. The normalized spacial score (nSPS) is 10.7. The van der Waals surface area contributed by atoms with Gasteiger partial charge in [0.25, 0.3) is 0 Å². The third-order valence-electron chi connectivity index (χ3n) is 3.02. The summed E-state index contributed by atoms with van der Waals surface area (Å²) >= 11 is 3.49. The predicted octanol–water partition coefficient (Wildman–Crippen LogP) is 4.75. The zero-order valence-corrected chi connectivity index (χ0v) is 14.1. The summed E-state index contributed by atoms with van der Waals surface area (Å²) in [5.74, 6) is 2.46. The number of hydrogen-bond donors (Lipinski definition) is 1. The Morgan fingerprint density at radius 1 is 1.05 bits per heavy atom. The van der Waals surface area contributed by atoms with Gasteiger partial charge in [-0.05, 0) is 36.4 Å². The Labute approximate surface area is 134 Å². The first kappa shape index (κ1) is 15.9. The second kappa shape index (κ2) is 7.48. The highest BCUT2D eigenvalue weighted by atomic mass is 79.9. The van der Waals surface area contributed by atoms with Crippen LogP contribution in [0.1, 0.15) is 19.4 Å². The molecule has 0 atom stereocenters. The van der Waals surface area contributed by atoms with Gasteiger partial charge >= 0.3 is 0 Å². The second-order valence-corrected chi connectivity index (χ2v) is 5.98. The largest absolute Gasteiger partial charge is 0.497 e. The van der Waals surface area contributed by atoms with E-state index in [-0.39, 0.29) is 0 Å². The predicted molar refractivity (Wildman–Crippen MR) is 89.2 cm³/mol. The van der Waals surface area contributed by atoms with Gasteiger partial charge in [0.15, 0.2) is 0 Å². The van der Waals surface area contributed by atoms with Gasteiger partial charge in [0.1, 0.15) is 17.2 Å². The number of ether oxygens (including phenoxy) is 2. The number of nitrogens with one attached hydrogen (secondary N) is 1. The van der Waals surface area contributed by atoms with Crippen molar-refractivity contribution in [2.45, 2.75) is 26.4 Å². The van der Waals surface area contributed by atoms with Crippen LogP contribution in [0, 0.1) is 0 Å². The van der Waals surface area contributed by atoms with Crippen LogP contribution in [0.15, 0.2) is 46.9 Å². The maximum atomic E-state index is 6.00. The van der Waals surface area contributed by atoms with Crippen LogP contribution >= 0.6 is 15.9 Å². The zero-order valence-electron chi connectivity index (χ0n) is 12.5. The van der Waals surface area contributed by atoms with E-state index in [1.807, 2.05) is 36.4 Å². The molecule has 3 nitrogen and oxygen atoms in total. The van der Waals surface area contributed by atoms with E-state index in [1.54, 1.807) is 7.11 Å². The molecule has 0 bridgehead atoms. The molecule has 0 amide bonds. The van der Waals surface area contributed by atoms with Gasteiger partial charge in [-0.25, -0.2) is 0 Å². The van der Waals surface area contributed by atoms with E-state index < -0.39 is 0 Å². The molecule has 0 aliphatic carbocycles. The first-order valence-corrected chi connectivity index (χ1v) is 7.71. The number of halogens is 1. The standard InChI is InChI=1S/C17H20BrNO2/c1-12(2)19-11-13-4-5-14(18)10-17(13)21-16-8-6-15(20-3)7-9-16/h4-10,12,19H,11H2,1-3H3. The average molecular weight is 350 g/mol. The molecule has 0 aliphatic rings. The van der Waals surface area contributed by atoms with E-state index >= 15 is 0 Å². The highest BCUT2D eigenvalue weighted by molar-refractivity contribution is 9.10. The van der Waals surface area contributed by atoms with Gasteiger partial charge in [0, 0.05) is 22.6 Å². The molecule has 2 aromatic rings. The summed E-state index contributed by atoms with van der Waals surface area (Å²) in [6, 6.07) is 14.1. The highest BCUT2D eigenvalue weighted by Crippen LogP contribution is 2.29. The van der Waals surface area contributed by atoms with Crippen LogP contribution in [0.4, 0.5) is 0 Å². The van der Waals surface area contributed by atoms with Crippen molar-refractivity contribution >= 4 is 15.9 Å². The minimum atomic E-state index is 0.433. The van der Waals surface area contributed by atoms with Gasteiger partial charge in [0.2, 0.25) is 0 Å². The highest BCUT2D eigenvalue weighted by Gasteiger charge is 2.07. The molecule has 2 rings (SSSR count). The summed E-state index contributed by atoms with van der Waals surface area (Å²) in [4.78, 5) is 0. The summed E-state index contributed by atoms with van der Waals surface area (Å²) in [5.41, 5.74) is 1.13. The molecule has 4 heteroatoms. The van der Waals surface area contributed by atoms with Crippen LogP contribution in [-0.4, -0.2) is 13.2 Å².